The number of hydrogen-bond donors (Lipinski definition) is 1. The summed E-state index contributed by atoms with van der Waals surface area (Å²) in [5, 5.41) is 3.70. The van der Waals surface area contributed by atoms with Gasteiger partial charge in [-0.3, -0.25) is 4.90 Å². The summed E-state index contributed by atoms with van der Waals surface area (Å²) in [5.74, 6) is 0. The molecule has 112 valence electrons. The number of morpholine rings is 1. The van der Waals surface area contributed by atoms with Gasteiger partial charge in [0.15, 0.2) is 0 Å². The number of nitrogens with zero attached hydrogens (tertiary/aromatic N) is 1. The van der Waals surface area contributed by atoms with Gasteiger partial charge >= 0.3 is 0 Å². The van der Waals surface area contributed by atoms with E-state index >= 15 is 0 Å². The van der Waals surface area contributed by atoms with Crippen LogP contribution in [0, 0.1) is 0 Å². The molecular formula is C17H28N2O. The van der Waals surface area contributed by atoms with Crippen LogP contribution < -0.4 is 5.32 Å². The summed E-state index contributed by atoms with van der Waals surface area (Å²) in [7, 11) is 0. The van der Waals surface area contributed by atoms with Crippen molar-refractivity contribution in [2.45, 2.75) is 38.8 Å². The number of ether oxygens (including phenoxy) is 1. The third-order valence-corrected chi connectivity index (χ3v) is 4.08. The molecular weight excluding hydrogens is 248 g/mol. The summed E-state index contributed by atoms with van der Waals surface area (Å²) in [5.41, 5.74) is 1.39. The predicted octanol–water partition coefficient (Wildman–Crippen LogP) is 2.84. The SMILES string of the molecule is CCCNC(CN1CCOCC1CC)c1ccccc1. The number of rotatable bonds is 7. The van der Waals surface area contributed by atoms with Crippen LogP contribution in [-0.2, 0) is 4.74 Å². The lowest BCUT2D eigenvalue weighted by molar-refractivity contribution is -0.0127. The Balaban J connectivity index is 2.03. The Morgan fingerprint density at radius 1 is 1.30 bits per heavy atom. The Hall–Kier alpha value is -0.900. The van der Waals surface area contributed by atoms with Crippen LogP contribution >= 0.6 is 0 Å². The van der Waals surface area contributed by atoms with Gasteiger partial charge in [-0.2, -0.15) is 0 Å². The van der Waals surface area contributed by atoms with E-state index in [1.54, 1.807) is 0 Å². The monoisotopic (exact) mass is 276 g/mol. The van der Waals surface area contributed by atoms with Crippen molar-refractivity contribution in [3.63, 3.8) is 0 Å². The Bertz CT molecular complexity index is 369. The fourth-order valence-corrected chi connectivity index (χ4v) is 2.83. The van der Waals surface area contributed by atoms with Gasteiger partial charge in [0.25, 0.3) is 0 Å². The highest BCUT2D eigenvalue weighted by molar-refractivity contribution is 5.19. The molecule has 0 amide bonds. The maximum Gasteiger partial charge on any atom is 0.0622 e. The van der Waals surface area contributed by atoms with Crippen molar-refractivity contribution >= 4 is 0 Å². The molecule has 2 unspecified atom stereocenters. The van der Waals surface area contributed by atoms with Crippen molar-refractivity contribution in [2.24, 2.45) is 0 Å². The molecule has 3 nitrogen and oxygen atoms in total. The van der Waals surface area contributed by atoms with Crippen molar-refractivity contribution in [1.82, 2.24) is 10.2 Å². The molecule has 1 aromatic rings. The molecule has 0 aliphatic carbocycles. The molecule has 1 aliphatic heterocycles. The second kappa shape index (κ2) is 8.40. The van der Waals surface area contributed by atoms with Gasteiger partial charge in [0.05, 0.1) is 13.2 Å². The largest absolute Gasteiger partial charge is 0.378 e. The zero-order valence-corrected chi connectivity index (χ0v) is 12.8. The Morgan fingerprint density at radius 2 is 2.10 bits per heavy atom. The van der Waals surface area contributed by atoms with Gasteiger partial charge in [0.2, 0.25) is 0 Å². The summed E-state index contributed by atoms with van der Waals surface area (Å²) >= 11 is 0. The first kappa shape index (κ1) is 15.5. The molecule has 2 atom stereocenters. The topological polar surface area (TPSA) is 24.5 Å². The van der Waals surface area contributed by atoms with Crippen molar-refractivity contribution in [1.29, 1.82) is 0 Å². The van der Waals surface area contributed by atoms with E-state index < -0.39 is 0 Å². The van der Waals surface area contributed by atoms with Crippen LogP contribution in [0.25, 0.3) is 0 Å². The third kappa shape index (κ3) is 4.30. The quantitative estimate of drug-likeness (QED) is 0.829. The van der Waals surface area contributed by atoms with Gasteiger partial charge in [-0.1, -0.05) is 44.2 Å². The van der Waals surface area contributed by atoms with E-state index in [0.717, 1.165) is 39.3 Å². The first-order valence-corrected chi connectivity index (χ1v) is 7.95. The Labute approximate surface area is 123 Å². The van der Waals surface area contributed by atoms with Crippen molar-refractivity contribution in [3.05, 3.63) is 35.9 Å². The van der Waals surface area contributed by atoms with Gasteiger partial charge in [-0.05, 0) is 24.9 Å². The maximum absolute atomic E-state index is 5.61. The molecule has 1 saturated heterocycles. The van der Waals surface area contributed by atoms with E-state index in [0.29, 0.717) is 12.1 Å². The zero-order chi connectivity index (χ0) is 14.2. The van der Waals surface area contributed by atoms with E-state index in [4.69, 9.17) is 4.74 Å². The summed E-state index contributed by atoms with van der Waals surface area (Å²) in [6.07, 6.45) is 2.33. The molecule has 2 rings (SSSR count). The fraction of sp³-hybridized carbons (Fsp3) is 0.647. The van der Waals surface area contributed by atoms with Gasteiger partial charge in [-0.25, -0.2) is 0 Å². The lowest BCUT2D eigenvalue weighted by Crippen LogP contribution is -2.48. The van der Waals surface area contributed by atoms with Crippen LogP contribution in [0.5, 0.6) is 0 Å². The number of nitrogens with one attached hydrogen (secondary N) is 1. The van der Waals surface area contributed by atoms with Gasteiger partial charge < -0.3 is 10.1 Å². The first-order valence-electron chi connectivity index (χ1n) is 7.95. The van der Waals surface area contributed by atoms with Crippen LogP contribution in [0.15, 0.2) is 30.3 Å². The lowest BCUT2D eigenvalue weighted by atomic mass is 10.0. The molecule has 1 fully saturated rings. The van der Waals surface area contributed by atoms with Gasteiger partial charge in [-0.15, -0.1) is 0 Å². The van der Waals surface area contributed by atoms with E-state index in [-0.39, 0.29) is 0 Å². The average Bonchev–Trinajstić information content (AvgIpc) is 2.52. The highest BCUT2D eigenvalue weighted by Crippen LogP contribution is 2.18. The molecule has 0 bridgehead atoms. The van der Waals surface area contributed by atoms with Crippen LogP contribution in [0.3, 0.4) is 0 Å². The molecule has 3 heteroatoms. The highest BCUT2D eigenvalue weighted by Gasteiger charge is 2.24. The molecule has 1 N–H and O–H groups in total. The Kier molecular flexibility index (Phi) is 6.51. The summed E-state index contributed by atoms with van der Waals surface area (Å²) in [6.45, 7) is 9.42. The predicted molar refractivity (Wildman–Crippen MR) is 83.9 cm³/mol. The van der Waals surface area contributed by atoms with E-state index in [9.17, 15) is 0 Å². The average molecular weight is 276 g/mol. The normalized spacial score (nSPS) is 21.8. The molecule has 1 heterocycles. The zero-order valence-electron chi connectivity index (χ0n) is 12.8. The third-order valence-electron chi connectivity index (χ3n) is 4.08. The minimum atomic E-state index is 0.420. The molecule has 1 aliphatic rings. The minimum absolute atomic E-state index is 0.420. The van der Waals surface area contributed by atoms with Crippen LogP contribution in [0.1, 0.15) is 38.3 Å². The highest BCUT2D eigenvalue weighted by atomic mass is 16.5. The molecule has 0 aromatic heterocycles. The van der Waals surface area contributed by atoms with Crippen molar-refractivity contribution < 1.29 is 4.74 Å². The van der Waals surface area contributed by atoms with Gasteiger partial charge in [0.1, 0.15) is 0 Å². The maximum atomic E-state index is 5.61. The smallest absolute Gasteiger partial charge is 0.0622 e. The van der Waals surface area contributed by atoms with E-state index in [1.165, 1.54) is 12.0 Å². The fourth-order valence-electron chi connectivity index (χ4n) is 2.83. The number of hydrogen-bond acceptors (Lipinski definition) is 3. The van der Waals surface area contributed by atoms with Gasteiger partial charge in [0, 0.05) is 25.2 Å². The summed E-state index contributed by atoms with van der Waals surface area (Å²) < 4.78 is 5.61. The summed E-state index contributed by atoms with van der Waals surface area (Å²) in [4.78, 5) is 2.59. The molecule has 1 aromatic carbocycles. The van der Waals surface area contributed by atoms with Crippen LogP contribution in [0.2, 0.25) is 0 Å². The van der Waals surface area contributed by atoms with E-state index in [1.807, 2.05) is 0 Å². The standard InChI is InChI=1S/C17H28N2O/c1-3-10-18-17(15-8-6-5-7-9-15)13-19-11-12-20-14-16(19)4-2/h5-9,16-18H,3-4,10-14H2,1-2H3. The number of benzene rings is 1. The first-order chi connectivity index (χ1) is 9.85. The van der Waals surface area contributed by atoms with Crippen LogP contribution in [-0.4, -0.2) is 43.8 Å². The molecule has 20 heavy (non-hydrogen) atoms. The van der Waals surface area contributed by atoms with Crippen molar-refractivity contribution in [3.8, 4) is 0 Å². The minimum Gasteiger partial charge on any atom is -0.378 e. The second-order valence-electron chi connectivity index (χ2n) is 5.55. The Morgan fingerprint density at radius 3 is 2.80 bits per heavy atom. The lowest BCUT2D eigenvalue weighted by Gasteiger charge is -2.37. The molecule has 0 spiro atoms. The second-order valence-corrected chi connectivity index (χ2v) is 5.55. The van der Waals surface area contributed by atoms with Crippen LogP contribution in [0.4, 0.5) is 0 Å². The summed E-state index contributed by atoms with van der Waals surface area (Å²) in [6, 6.07) is 11.8. The van der Waals surface area contributed by atoms with Crippen molar-refractivity contribution in [2.75, 3.05) is 32.8 Å². The molecule has 0 radical (unpaired) electrons. The van der Waals surface area contributed by atoms with E-state index in [2.05, 4.69) is 54.4 Å². The molecule has 0 saturated carbocycles.